The van der Waals surface area contributed by atoms with Crippen LogP contribution in [0.3, 0.4) is 0 Å². The molecule has 0 heterocycles. The second-order valence-corrected chi connectivity index (χ2v) is 8.16. The topological polar surface area (TPSA) is 117 Å². The lowest BCUT2D eigenvalue weighted by molar-refractivity contribution is -0.140. The highest BCUT2D eigenvalue weighted by atomic mass is 19.1. The lowest BCUT2D eigenvalue weighted by atomic mass is 10.1. The first-order valence-electron chi connectivity index (χ1n) is 10.4. The number of carbonyl (C=O) groups excluding carboxylic acids is 3. The van der Waals surface area contributed by atoms with Crippen LogP contribution in [0.25, 0.3) is 0 Å². The van der Waals surface area contributed by atoms with Crippen LogP contribution in [0.1, 0.15) is 58.4 Å². The van der Waals surface area contributed by atoms with Crippen LogP contribution in [0.15, 0.2) is 12.1 Å². The van der Waals surface area contributed by atoms with Gasteiger partial charge < -0.3 is 25.3 Å². The minimum Gasteiger partial charge on any atom is -0.488 e. The Balaban J connectivity index is 2.86. The van der Waals surface area contributed by atoms with Crippen molar-refractivity contribution < 1.29 is 37.4 Å². The van der Waals surface area contributed by atoms with E-state index in [2.05, 4.69) is 21.9 Å². The van der Waals surface area contributed by atoms with Crippen LogP contribution in [0.2, 0.25) is 0 Å². The predicted molar refractivity (Wildman–Crippen MR) is 116 cm³/mol. The molecule has 0 saturated heterocycles. The van der Waals surface area contributed by atoms with Crippen molar-refractivity contribution in [3.63, 3.8) is 0 Å². The highest BCUT2D eigenvalue weighted by Crippen LogP contribution is 2.23. The Bertz CT molecular complexity index is 903. The van der Waals surface area contributed by atoms with E-state index in [0.717, 1.165) is 12.1 Å². The van der Waals surface area contributed by atoms with E-state index in [0.29, 0.717) is 6.42 Å². The number of unbranched alkanes of at least 4 members (excludes halogenated alkanes) is 1. The first-order chi connectivity index (χ1) is 15.4. The number of carbonyl (C=O) groups is 3. The number of methoxy groups -OCH3 is 1. The molecule has 182 valence electrons. The summed E-state index contributed by atoms with van der Waals surface area (Å²) >= 11 is 0. The molecule has 0 radical (unpaired) electrons. The van der Waals surface area contributed by atoms with Gasteiger partial charge in [-0.25, -0.2) is 13.6 Å². The lowest BCUT2D eigenvalue weighted by Crippen LogP contribution is -2.42. The summed E-state index contributed by atoms with van der Waals surface area (Å²) in [4.78, 5) is 34.2. The Kier molecular flexibility index (Phi) is 11.1. The molecule has 1 rings (SSSR count). The highest BCUT2D eigenvalue weighted by molar-refractivity contribution is 5.74. The fraction of sp³-hybridized carbons (Fsp3) is 0.522. The van der Waals surface area contributed by atoms with Crippen molar-refractivity contribution in [1.82, 2.24) is 5.32 Å². The van der Waals surface area contributed by atoms with Crippen LogP contribution < -0.4 is 15.8 Å². The van der Waals surface area contributed by atoms with E-state index in [1.54, 1.807) is 20.8 Å². The van der Waals surface area contributed by atoms with Crippen LogP contribution in [0.5, 0.6) is 5.75 Å². The molecule has 2 amide bonds. The maximum atomic E-state index is 14.7. The number of alkyl carbamates (subject to hydrolysis) is 1. The Labute approximate surface area is 192 Å². The zero-order chi connectivity index (χ0) is 25.0. The third kappa shape index (κ3) is 11.7. The third-order valence-electron chi connectivity index (χ3n) is 4.04. The van der Waals surface area contributed by atoms with Gasteiger partial charge in [-0.05, 0) is 39.7 Å². The summed E-state index contributed by atoms with van der Waals surface area (Å²) in [5.74, 6) is 2.19. The first kappa shape index (κ1) is 27.7. The molecular weight excluding hydrogens is 438 g/mol. The number of amides is 2. The zero-order valence-electron chi connectivity index (χ0n) is 19.3. The largest absolute Gasteiger partial charge is 0.488 e. The number of rotatable bonds is 10. The average Bonchev–Trinajstić information content (AvgIpc) is 2.70. The molecule has 0 spiro atoms. The molecule has 0 aliphatic rings. The van der Waals surface area contributed by atoms with Gasteiger partial charge >= 0.3 is 12.1 Å². The molecule has 0 saturated carbocycles. The number of esters is 1. The van der Waals surface area contributed by atoms with Gasteiger partial charge in [-0.2, -0.15) is 0 Å². The number of primary amides is 1. The summed E-state index contributed by atoms with van der Waals surface area (Å²) in [6.45, 7) is 4.78. The van der Waals surface area contributed by atoms with Crippen molar-refractivity contribution in [1.29, 1.82) is 0 Å². The van der Waals surface area contributed by atoms with Crippen LogP contribution in [0.4, 0.5) is 13.6 Å². The molecule has 0 aliphatic heterocycles. The summed E-state index contributed by atoms with van der Waals surface area (Å²) in [5, 5.41) is 2.53. The van der Waals surface area contributed by atoms with Crippen LogP contribution >= 0.6 is 0 Å². The number of halogens is 2. The summed E-state index contributed by atoms with van der Waals surface area (Å²) in [6, 6.07) is 1.04. The van der Waals surface area contributed by atoms with E-state index >= 15 is 0 Å². The summed E-state index contributed by atoms with van der Waals surface area (Å²) in [6.07, 6.45) is 0.172. The van der Waals surface area contributed by atoms with Crippen molar-refractivity contribution in [2.75, 3.05) is 13.7 Å². The minimum atomic E-state index is -0.872. The Morgan fingerprint density at radius 1 is 1.18 bits per heavy atom. The predicted octanol–water partition coefficient (Wildman–Crippen LogP) is 3.20. The van der Waals surface area contributed by atoms with E-state index in [1.165, 1.54) is 7.11 Å². The van der Waals surface area contributed by atoms with Gasteiger partial charge in [0.1, 0.15) is 18.0 Å². The van der Waals surface area contributed by atoms with E-state index in [4.69, 9.17) is 15.2 Å². The van der Waals surface area contributed by atoms with E-state index < -0.39 is 41.0 Å². The molecule has 1 aromatic carbocycles. The zero-order valence-corrected chi connectivity index (χ0v) is 19.3. The van der Waals surface area contributed by atoms with Gasteiger partial charge in [-0.1, -0.05) is 11.8 Å². The van der Waals surface area contributed by atoms with Gasteiger partial charge in [0, 0.05) is 25.3 Å². The number of hydrogen-bond donors (Lipinski definition) is 2. The molecule has 1 aromatic rings. The number of benzene rings is 1. The van der Waals surface area contributed by atoms with E-state index in [9.17, 15) is 23.2 Å². The Hall–Kier alpha value is -3.35. The monoisotopic (exact) mass is 468 g/mol. The van der Waals surface area contributed by atoms with Crippen molar-refractivity contribution >= 4 is 18.0 Å². The number of hydrogen-bond acceptors (Lipinski definition) is 6. The number of ether oxygens (including phenoxy) is 3. The minimum absolute atomic E-state index is 0.0578. The molecular formula is C23H30F2N2O6. The number of nitrogens with two attached hydrogens (primary N) is 1. The maximum absolute atomic E-state index is 14.7. The van der Waals surface area contributed by atoms with Crippen LogP contribution in [-0.2, 0) is 19.1 Å². The molecule has 0 aliphatic carbocycles. The van der Waals surface area contributed by atoms with Crippen molar-refractivity contribution in [3.05, 3.63) is 29.3 Å². The molecule has 33 heavy (non-hydrogen) atoms. The lowest BCUT2D eigenvalue weighted by Gasteiger charge is -2.23. The van der Waals surface area contributed by atoms with Gasteiger partial charge in [0.25, 0.3) is 0 Å². The van der Waals surface area contributed by atoms with Gasteiger partial charge in [-0.15, -0.1) is 0 Å². The molecule has 8 nitrogen and oxygen atoms in total. The second-order valence-electron chi connectivity index (χ2n) is 8.16. The SMILES string of the molecule is COC(=O)CCCC#Cc1cc(F)cc(OC[C@H](CCC(N)=O)NC(=O)OC(C)(C)C)c1F. The molecule has 10 heteroatoms. The molecule has 1 atom stereocenters. The van der Waals surface area contributed by atoms with Crippen LogP contribution in [-0.4, -0.2) is 43.3 Å². The molecule has 3 N–H and O–H groups in total. The summed E-state index contributed by atoms with van der Waals surface area (Å²) < 4.78 is 43.8. The molecule has 0 unspecified atom stereocenters. The maximum Gasteiger partial charge on any atom is 0.407 e. The normalized spacial score (nSPS) is 11.6. The smallest absolute Gasteiger partial charge is 0.407 e. The fourth-order valence-corrected chi connectivity index (χ4v) is 2.52. The quantitative estimate of drug-likeness (QED) is 0.309. The third-order valence-corrected chi connectivity index (χ3v) is 4.04. The molecule has 0 fully saturated rings. The van der Waals surface area contributed by atoms with Crippen molar-refractivity contribution in [3.8, 4) is 17.6 Å². The highest BCUT2D eigenvalue weighted by Gasteiger charge is 2.21. The van der Waals surface area contributed by atoms with Gasteiger partial charge in [0.15, 0.2) is 11.6 Å². The average molecular weight is 468 g/mol. The molecule has 0 aromatic heterocycles. The van der Waals surface area contributed by atoms with Crippen molar-refractivity contribution in [2.45, 2.75) is 64.5 Å². The second kappa shape index (κ2) is 13.3. The molecule has 0 bridgehead atoms. The van der Waals surface area contributed by atoms with E-state index in [-0.39, 0.29) is 43.8 Å². The van der Waals surface area contributed by atoms with Crippen molar-refractivity contribution in [2.24, 2.45) is 5.73 Å². The van der Waals surface area contributed by atoms with Gasteiger partial charge in [0.05, 0.1) is 18.7 Å². The first-order valence-corrected chi connectivity index (χ1v) is 10.4. The Morgan fingerprint density at radius 3 is 2.48 bits per heavy atom. The Morgan fingerprint density at radius 2 is 1.88 bits per heavy atom. The van der Waals surface area contributed by atoms with Gasteiger partial charge in [0.2, 0.25) is 5.91 Å². The summed E-state index contributed by atoms with van der Waals surface area (Å²) in [5.41, 5.74) is 4.20. The number of nitrogens with one attached hydrogen (secondary N) is 1. The van der Waals surface area contributed by atoms with Gasteiger partial charge in [-0.3, -0.25) is 9.59 Å². The summed E-state index contributed by atoms with van der Waals surface area (Å²) in [7, 11) is 1.28. The van der Waals surface area contributed by atoms with E-state index in [1.807, 2.05) is 0 Å². The van der Waals surface area contributed by atoms with Crippen LogP contribution in [0, 0.1) is 23.5 Å². The fourth-order valence-electron chi connectivity index (χ4n) is 2.52. The standard InChI is InChI=1S/C23H30F2N2O6/c1-23(2,3)33-22(30)27-17(10-11-19(26)28)14-32-18-13-16(24)12-15(21(18)25)8-6-5-7-9-20(29)31-4/h12-13,17H,5,7,9-11,14H2,1-4H3,(H2,26,28)(H,27,30)/t17-/m0/s1.